The molecular weight excluding hydrogens is 829 g/mol. The summed E-state index contributed by atoms with van der Waals surface area (Å²) in [6, 6.07) is 28.1. The Bertz CT molecular complexity index is 2660. The maximum absolute atomic E-state index is 5.78. The standard InChI is InChI=1S/2C26H31N5O2/c2*1-6-17(3)24-25-23(28-16-19-10-12-20(32-5)13-11-19)15-22(30-31(25)18(4)29-24)21-9-8-14-27-26(21)33-7-2/h2*8-15,17,28H,6-7,16H2,1-5H3/t2*17-/m10/s1. The average Bonchev–Trinajstić information content (AvgIpc) is 3.88. The molecule has 0 saturated carbocycles. The maximum atomic E-state index is 5.78. The van der Waals surface area contributed by atoms with Gasteiger partial charge in [0.15, 0.2) is 0 Å². The summed E-state index contributed by atoms with van der Waals surface area (Å²) in [5.74, 6) is 5.20. The van der Waals surface area contributed by atoms with Gasteiger partial charge in [0, 0.05) is 37.3 Å². The van der Waals surface area contributed by atoms with Crippen LogP contribution in [-0.2, 0) is 13.1 Å². The van der Waals surface area contributed by atoms with Crippen molar-refractivity contribution in [2.24, 2.45) is 0 Å². The van der Waals surface area contributed by atoms with Crippen LogP contribution < -0.4 is 29.6 Å². The van der Waals surface area contributed by atoms with Crippen LogP contribution in [0.25, 0.3) is 33.5 Å². The monoisotopic (exact) mass is 890 g/mol. The molecule has 0 aliphatic carbocycles. The predicted octanol–water partition coefficient (Wildman–Crippen LogP) is 11.3. The van der Waals surface area contributed by atoms with Crippen LogP contribution in [0.3, 0.4) is 0 Å². The van der Waals surface area contributed by atoms with E-state index in [2.05, 4.69) is 84.7 Å². The first-order valence-electron chi connectivity index (χ1n) is 22.8. The largest absolute Gasteiger partial charge is 0.497 e. The molecule has 2 atom stereocenters. The van der Waals surface area contributed by atoms with E-state index in [0.717, 1.165) is 103 Å². The molecule has 8 aromatic rings. The molecule has 2 aromatic carbocycles. The van der Waals surface area contributed by atoms with Gasteiger partial charge in [0.05, 0.1) is 72.7 Å². The third-order valence-electron chi connectivity index (χ3n) is 11.7. The molecule has 0 fully saturated rings. The first-order valence-corrected chi connectivity index (χ1v) is 22.8. The molecule has 6 aromatic heterocycles. The second-order valence-electron chi connectivity index (χ2n) is 16.1. The number of rotatable bonds is 18. The Morgan fingerprint density at radius 3 is 1.30 bits per heavy atom. The van der Waals surface area contributed by atoms with Gasteiger partial charge in [-0.3, -0.25) is 0 Å². The zero-order valence-corrected chi connectivity index (χ0v) is 39.8. The molecule has 0 spiro atoms. The van der Waals surface area contributed by atoms with Crippen molar-refractivity contribution in [1.82, 2.24) is 39.2 Å². The highest BCUT2D eigenvalue weighted by Gasteiger charge is 2.23. The van der Waals surface area contributed by atoms with E-state index in [1.165, 1.54) is 0 Å². The first kappa shape index (κ1) is 46.8. The summed E-state index contributed by atoms with van der Waals surface area (Å²) >= 11 is 0. The van der Waals surface area contributed by atoms with Crippen LogP contribution in [0.1, 0.15) is 100 Å². The molecule has 2 N–H and O–H groups in total. The third-order valence-corrected chi connectivity index (χ3v) is 11.7. The van der Waals surface area contributed by atoms with Gasteiger partial charge in [0.1, 0.15) is 34.2 Å². The number of pyridine rings is 2. The highest BCUT2D eigenvalue weighted by atomic mass is 16.5. The van der Waals surface area contributed by atoms with Crippen LogP contribution in [0, 0.1) is 13.8 Å². The van der Waals surface area contributed by atoms with Crippen LogP contribution in [0.4, 0.5) is 11.4 Å². The van der Waals surface area contributed by atoms with E-state index in [-0.39, 0.29) is 0 Å². The number of nitrogens with zero attached hydrogens (tertiary/aromatic N) is 8. The van der Waals surface area contributed by atoms with E-state index in [9.17, 15) is 0 Å². The fourth-order valence-electron chi connectivity index (χ4n) is 7.69. The number of anilines is 2. The van der Waals surface area contributed by atoms with Crippen LogP contribution >= 0.6 is 0 Å². The highest BCUT2D eigenvalue weighted by molar-refractivity contribution is 5.81. The number of benzene rings is 2. The van der Waals surface area contributed by atoms with Gasteiger partial charge in [-0.15, -0.1) is 0 Å². The molecule has 66 heavy (non-hydrogen) atoms. The van der Waals surface area contributed by atoms with Crippen molar-refractivity contribution in [3.63, 3.8) is 0 Å². The number of fused-ring (bicyclic) bond motifs is 2. The molecule has 0 aliphatic rings. The minimum Gasteiger partial charge on any atom is -0.497 e. The molecule has 0 amide bonds. The van der Waals surface area contributed by atoms with Gasteiger partial charge in [-0.25, -0.2) is 29.0 Å². The van der Waals surface area contributed by atoms with Gasteiger partial charge in [-0.05, 0) is 112 Å². The van der Waals surface area contributed by atoms with Crippen LogP contribution in [0.2, 0.25) is 0 Å². The normalized spacial score (nSPS) is 12.0. The molecule has 0 bridgehead atoms. The van der Waals surface area contributed by atoms with E-state index in [0.29, 0.717) is 49.9 Å². The Morgan fingerprint density at radius 2 is 0.955 bits per heavy atom. The lowest BCUT2D eigenvalue weighted by Crippen LogP contribution is -2.07. The molecule has 0 radical (unpaired) electrons. The number of hydrogen-bond acceptors (Lipinski definition) is 12. The minimum atomic E-state index is 0.320. The Balaban J connectivity index is 0.000000196. The predicted molar refractivity (Wildman–Crippen MR) is 262 cm³/mol. The van der Waals surface area contributed by atoms with Crippen molar-refractivity contribution in [2.45, 2.75) is 93.2 Å². The summed E-state index contributed by atoms with van der Waals surface area (Å²) in [4.78, 5) is 18.6. The number of nitrogens with one attached hydrogen (secondary N) is 2. The van der Waals surface area contributed by atoms with E-state index in [1.54, 1.807) is 26.6 Å². The summed E-state index contributed by atoms with van der Waals surface area (Å²) < 4.78 is 26.0. The fraction of sp³-hybridized carbons (Fsp3) is 0.346. The molecule has 0 aliphatic heterocycles. The zero-order valence-electron chi connectivity index (χ0n) is 39.8. The second-order valence-corrected chi connectivity index (χ2v) is 16.1. The van der Waals surface area contributed by atoms with E-state index >= 15 is 0 Å². The van der Waals surface area contributed by atoms with Gasteiger partial charge in [-0.1, -0.05) is 52.0 Å². The quantitative estimate of drug-likeness (QED) is 0.0845. The molecule has 14 nitrogen and oxygen atoms in total. The Morgan fingerprint density at radius 1 is 0.561 bits per heavy atom. The second kappa shape index (κ2) is 21.6. The number of methoxy groups -OCH3 is 2. The SMILES string of the molecule is CCOc1ncccc1-c1cc(NCc2ccc(OC)cc2)c2c([C@@H](C)CC)nc(C)n2n1.CCOc1ncccc1-c1cc(NCc2ccc(OC)cc2)c2c([C@H](C)CC)nc(C)n2n1. The lowest BCUT2D eigenvalue weighted by Gasteiger charge is -2.15. The lowest BCUT2D eigenvalue weighted by molar-refractivity contribution is 0.328. The molecule has 0 saturated heterocycles. The summed E-state index contributed by atoms with van der Waals surface area (Å²) in [7, 11) is 3.35. The van der Waals surface area contributed by atoms with Crippen LogP contribution in [0.5, 0.6) is 23.3 Å². The van der Waals surface area contributed by atoms with E-state index in [4.69, 9.17) is 39.1 Å². The Hall–Kier alpha value is -7.22. The topological polar surface area (TPSA) is 147 Å². The van der Waals surface area contributed by atoms with Crippen LogP contribution in [-0.4, -0.2) is 66.6 Å². The number of aromatic nitrogens is 8. The van der Waals surface area contributed by atoms with Crippen molar-refractivity contribution < 1.29 is 18.9 Å². The average molecular weight is 891 g/mol. The van der Waals surface area contributed by atoms with Gasteiger partial charge in [0.25, 0.3) is 0 Å². The van der Waals surface area contributed by atoms with Crippen LogP contribution in [0.15, 0.2) is 97.3 Å². The first-order chi connectivity index (χ1) is 32.1. The smallest absolute Gasteiger partial charge is 0.222 e. The van der Waals surface area contributed by atoms with Gasteiger partial charge in [0.2, 0.25) is 11.8 Å². The van der Waals surface area contributed by atoms with Gasteiger partial charge in [-0.2, -0.15) is 10.2 Å². The Labute approximate surface area is 387 Å². The molecule has 344 valence electrons. The number of hydrogen-bond donors (Lipinski definition) is 2. The molecule has 0 unspecified atom stereocenters. The van der Waals surface area contributed by atoms with Crippen molar-refractivity contribution in [2.75, 3.05) is 38.1 Å². The summed E-state index contributed by atoms with van der Waals surface area (Å²) in [6.07, 6.45) is 5.48. The summed E-state index contributed by atoms with van der Waals surface area (Å²) in [5.41, 5.74) is 11.7. The van der Waals surface area contributed by atoms with E-state index in [1.807, 2.05) is 85.3 Å². The van der Waals surface area contributed by atoms with Crippen molar-refractivity contribution in [3.8, 4) is 45.8 Å². The van der Waals surface area contributed by atoms with Crippen molar-refractivity contribution in [1.29, 1.82) is 0 Å². The lowest BCUT2D eigenvalue weighted by atomic mass is 10.0. The highest BCUT2D eigenvalue weighted by Crippen LogP contribution is 2.36. The van der Waals surface area contributed by atoms with Gasteiger partial charge < -0.3 is 29.6 Å². The number of imidazole rings is 2. The van der Waals surface area contributed by atoms with Crippen molar-refractivity contribution in [3.05, 3.63) is 131 Å². The zero-order chi connectivity index (χ0) is 46.7. The number of aryl methyl sites for hydroxylation is 2. The summed E-state index contributed by atoms with van der Waals surface area (Å²) in [5, 5.41) is 17.1. The van der Waals surface area contributed by atoms with Gasteiger partial charge >= 0.3 is 0 Å². The molecule has 14 heteroatoms. The molecule has 8 rings (SSSR count). The van der Waals surface area contributed by atoms with E-state index < -0.39 is 0 Å². The van der Waals surface area contributed by atoms with Crippen molar-refractivity contribution >= 4 is 22.4 Å². The molecular formula is C52H62N10O4. The fourth-order valence-corrected chi connectivity index (χ4v) is 7.69. The maximum Gasteiger partial charge on any atom is 0.222 e. The summed E-state index contributed by atoms with van der Waals surface area (Å²) in [6.45, 7) is 19.1. The molecule has 6 heterocycles. The number of ether oxygens (including phenoxy) is 4. The minimum absolute atomic E-state index is 0.320. The third kappa shape index (κ3) is 10.3. The Kier molecular flexibility index (Phi) is 15.3.